The molecule has 1 nitrogen and oxygen atoms in total. The number of benzene rings is 2. The Morgan fingerprint density at radius 2 is 1.30 bits per heavy atom. The molecule has 0 saturated carbocycles. The minimum absolute atomic E-state index is 0. The molecular weight excluding hydrogens is 307 g/mol. The van der Waals surface area contributed by atoms with E-state index in [4.69, 9.17) is 4.74 Å². The largest absolute Gasteiger partial charge is 0.457 e. The van der Waals surface area contributed by atoms with Crippen molar-refractivity contribution < 1.29 is 4.74 Å². The summed E-state index contributed by atoms with van der Waals surface area (Å²) in [6.07, 6.45) is 10.5. The number of hydrogen-bond acceptors (Lipinski definition) is 1. The second kappa shape index (κ2) is 13.2. The van der Waals surface area contributed by atoms with Crippen LogP contribution in [-0.4, -0.2) is 51.4 Å². The van der Waals surface area contributed by atoms with Crippen molar-refractivity contribution in [3.8, 4) is 11.5 Å². The van der Waals surface area contributed by atoms with Gasteiger partial charge in [-0.15, -0.1) is 0 Å². The van der Waals surface area contributed by atoms with Gasteiger partial charge in [-0.25, -0.2) is 0 Å². The molecule has 2 heteroatoms. The van der Waals surface area contributed by atoms with Gasteiger partial charge < -0.3 is 4.74 Å². The van der Waals surface area contributed by atoms with Crippen LogP contribution in [0.15, 0.2) is 54.6 Å². The zero-order valence-electron chi connectivity index (χ0n) is 14.8. The molecule has 0 aromatic heterocycles. The molecule has 119 valence electrons. The van der Waals surface area contributed by atoms with E-state index < -0.39 is 0 Å². The first-order chi connectivity index (χ1) is 10.9. The number of para-hydroxylation sites is 2. The molecule has 2 rings (SSSR count). The maximum atomic E-state index is 6.02. The average Bonchev–Trinajstić information content (AvgIpc) is 2.56. The van der Waals surface area contributed by atoms with Crippen LogP contribution in [0.1, 0.15) is 57.4 Å². The van der Waals surface area contributed by atoms with Crippen LogP contribution in [0.4, 0.5) is 0 Å². The van der Waals surface area contributed by atoms with Crippen LogP contribution in [0.2, 0.25) is 0 Å². The summed E-state index contributed by atoms with van der Waals surface area (Å²) in [5.41, 5.74) is 1.32. The molecule has 0 bridgehead atoms. The van der Waals surface area contributed by atoms with Gasteiger partial charge in [-0.1, -0.05) is 81.8 Å². The third-order valence-electron chi connectivity index (χ3n) is 3.99. The summed E-state index contributed by atoms with van der Waals surface area (Å²) in [6.45, 7) is 2.27. The maximum Gasteiger partial charge on any atom is 0.130 e. The fourth-order valence-corrected chi connectivity index (χ4v) is 2.70. The Morgan fingerprint density at radius 1 is 0.696 bits per heavy atom. The van der Waals surface area contributed by atoms with E-state index in [1.807, 2.05) is 36.4 Å². The van der Waals surface area contributed by atoms with Gasteiger partial charge in [-0.05, 0) is 36.6 Å². The zero-order valence-corrected chi connectivity index (χ0v) is 17.9. The Balaban J connectivity index is 0.00000264. The fraction of sp³-hybridized carbons (Fsp3) is 0.429. The van der Waals surface area contributed by atoms with Gasteiger partial charge in [0, 0.05) is 51.4 Å². The van der Waals surface area contributed by atoms with Gasteiger partial charge in [-0.3, -0.25) is 0 Å². The Bertz CT molecular complexity index is 524. The minimum atomic E-state index is 0. The Morgan fingerprint density at radius 3 is 2.04 bits per heavy atom. The van der Waals surface area contributed by atoms with Gasteiger partial charge in [-0.2, -0.15) is 0 Å². The third-order valence-corrected chi connectivity index (χ3v) is 3.99. The smallest absolute Gasteiger partial charge is 0.130 e. The van der Waals surface area contributed by atoms with Crippen molar-refractivity contribution in [2.24, 2.45) is 0 Å². The number of ether oxygens (including phenoxy) is 1. The molecule has 2 aromatic carbocycles. The summed E-state index contributed by atoms with van der Waals surface area (Å²) in [4.78, 5) is 0. The molecule has 0 saturated heterocycles. The van der Waals surface area contributed by atoms with Gasteiger partial charge >= 0.3 is 0 Å². The molecular formula is C21H28KO. The molecule has 0 N–H and O–H groups in total. The molecule has 0 aliphatic carbocycles. The predicted molar refractivity (Wildman–Crippen MR) is 100 cm³/mol. The van der Waals surface area contributed by atoms with Gasteiger partial charge in [0.05, 0.1) is 0 Å². The second-order valence-corrected chi connectivity index (χ2v) is 5.89. The minimum Gasteiger partial charge on any atom is -0.457 e. The van der Waals surface area contributed by atoms with Crippen LogP contribution < -0.4 is 4.74 Å². The van der Waals surface area contributed by atoms with Crippen molar-refractivity contribution >= 4 is 51.4 Å². The van der Waals surface area contributed by atoms with Gasteiger partial charge in [0.15, 0.2) is 0 Å². The molecule has 1 radical (unpaired) electrons. The zero-order chi connectivity index (χ0) is 15.5. The van der Waals surface area contributed by atoms with Gasteiger partial charge in [0.25, 0.3) is 0 Å². The van der Waals surface area contributed by atoms with Crippen molar-refractivity contribution in [3.05, 3.63) is 60.2 Å². The summed E-state index contributed by atoms with van der Waals surface area (Å²) in [6, 6.07) is 18.5. The number of aryl methyl sites for hydroxylation is 1. The molecule has 2 aromatic rings. The van der Waals surface area contributed by atoms with Crippen LogP contribution in [-0.2, 0) is 6.42 Å². The van der Waals surface area contributed by atoms with E-state index in [-0.39, 0.29) is 51.4 Å². The fourth-order valence-electron chi connectivity index (χ4n) is 2.70. The van der Waals surface area contributed by atoms with Crippen molar-refractivity contribution in [1.29, 1.82) is 0 Å². The first-order valence-corrected chi connectivity index (χ1v) is 8.71. The summed E-state index contributed by atoms with van der Waals surface area (Å²) in [5, 5.41) is 0. The van der Waals surface area contributed by atoms with E-state index in [2.05, 4.69) is 25.1 Å². The van der Waals surface area contributed by atoms with E-state index in [1.54, 1.807) is 0 Å². The number of unbranched alkanes of at least 4 members (excludes halogenated alkanes) is 6. The van der Waals surface area contributed by atoms with Crippen LogP contribution in [0, 0.1) is 0 Å². The molecule has 0 amide bonds. The maximum absolute atomic E-state index is 6.02. The summed E-state index contributed by atoms with van der Waals surface area (Å²) in [5.74, 6) is 1.91. The SMILES string of the molecule is CCCCCCCCCc1ccccc1Oc1ccccc1.[K]. The van der Waals surface area contributed by atoms with E-state index in [9.17, 15) is 0 Å². The summed E-state index contributed by atoms with van der Waals surface area (Å²) in [7, 11) is 0. The van der Waals surface area contributed by atoms with Crippen LogP contribution in [0.5, 0.6) is 11.5 Å². The Labute approximate surface area is 184 Å². The van der Waals surface area contributed by atoms with Gasteiger partial charge in [0.1, 0.15) is 11.5 Å². The molecule has 0 aliphatic heterocycles. The summed E-state index contributed by atoms with van der Waals surface area (Å²) >= 11 is 0. The number of rotatable bonds is 10. The average molecular weight is 336 g/mol. The topological polar surface area (TPSA) is 9.23 Å². The molecule has 0 unspecified atom stereocenters. The van der Waals surface area contributed by atoms with E-state index >= 15 is 0 Å². The molecule has 23 heavy (non-hydrogen) atoms. The first kappa shape index (κ1) is 20.9. The van der Waals surface area contributed by atoms with E-state index in [0.29, 0.717) is 0 Å². The Hall–Kier alpha value is -0.124. The normalized spacial score (nSPS) is 10.1. The second-order valence-electron chi connectivity index (χ2n) is 5.89. The standard InChI is InChI=1S/C21H28O.K/c1-2-3-4-5-6-7-9-14-19-15-12-13-18-21(19)22-20-16-10-8-11-17-20;/h8,10-13,15-18H,2-7,9,14H2,1H3;. The third kappa shape index (κ3) is 8.51. The first-order valence-electron chi connectivity index (χ1n) is 8.71. The van der Waals surface area contributed by atoms with Crippen molar-refractivity contribution in [2.75, 3.05) is 0 Å². The summed E-state index contributed by atoms with van der Waals surface area (Å²) < 4.78 is 6.02. The monoisotopic (exact) mass is 335 g/mol. The van der Waals surface area contributed by atoms with E-state index in [0.717, 1.165) is 17.9 Å². The van der Waals surface area contributed by atoms with E-state index in [1.165, 1.54) is 50.5 Å². The number of hydrogen-bond donors (Lipinski definition) is 0. The van der Waals surface area contributed by atoms with Crippen LogP contribution in [0.3, 0.4) is 0 Å². The molecule has 0 atom stereocenters. The predicted octanol–water partition coefficient (Wildman–Crippen LogP) is 6.39. The van der Waals surface area contributed by atoms with Gasteiger partial charge in [0.2, 0.25) is 0 Å². The van der Waals surface area contributed by atoms with Crippen molar-refractivity contribution in [2.45, 2.75) is 58.3 Å². The van der Waals surface area contributed by atoms with Crippen LogP contribution in [0.25, 0.3) is 0 Å². The molecule has 0 aliphatic rings. The molecule has 0 heterocycles. The van der Waals surface area contributed by atoms with Crippen molar-refractivity contribution in [1.82, 2.24) is 0 Å². The molecule has 0 spiro atoms. The Kier molecular flexibility index (Phi) is 12.0. The quantitative estimate of drug-likeness (QED) is 0.361. The van der Waals surface area contributed by atoms with Crippen molar-refractivity contribution in [3.63, 3.8) is 0 Å². The van der Waals surface area contributed by atoms with Crippen LogP contribution >= 0.6 is 0 Å². The molecule has 0 fully saturated rings.